The van der Waals surface area contributed by atoms with Crippen LogP contribution in [0.15, 0.2) is 27.8 Å². The molecule has 0 fully saturated rings. The van der Waals surface area contributed by atoms with E-state index in [4.69, 9.17) is 11.6 Å². The van der Waals surface area contributed by atoms with Crippen molar-refractivity contribution in [3.05, 3.63) is 61.0 Å². The van der Waals surface area contributed by atoms with Crippen LogP contribution >= 0.6 is 11.6 Å². The molecule has 0 saturated heterocycles. The van der Waals surface area contributed by atoms with Gasteiger partial charge in [-0.15, -0.1) is 0 Å². The summed E-state index contributed by atoms with van der Waals surface area (Å²) in [6.45, 7) is 1.79. The molecule has 0 saturated carbocycles. The highest BCUT2D eigenvalue weighted by atomic mass is 35.5. The third-order valence-corrected chi connectivity index (χ3v) is 5.74. The molecule has 0 atom stereocenters. The van der Waals surface area contributed by atoms with E-state index in [0.717, 1.165) is 10.6 Å². The lowest BCUT2D eigenvalue weighted by molar-refractivity contribution is -0.138. The Morgan fingerprint density at radius 1 is 1.13 bits per heavy atom. The third-order valence-electron chi connectivity index (χ3n) is 5.51. The van der Waals surface area contributed by atoms with E-state index >= 15 is 0 Å². The zero-order valence-electron chi connectivity index (χ0n) is 16.3. The Morgan fingerprint density at radius 3 is 2.57 bits per heavy atom. The van der Waals surface area contributed by atoms with Gasteiger partial charge in [-0.25, -0.2) is 9.78 Å². The monoisotopic (exact) mass is 441 g/mol. The summed E-state index contributed by atoms with van der Waals surface area (Å²) in [5.41, 5.74) is -0.721. The van der Waals surface area contributed by atoms with Crippen molar-refractivity contribution in [2.24, 2.45) is 14.1 Å². The maximum Gasteiger partial charge on any atom is 0.416 e. The van der Waals surface area contributed by atoms with Crippen LogP contribution in [0.5, 0.6) is 0 Å². The summed E-state index contributed by atoms with van der Waals surface area (Å²) >= 11 is 5.74. The first-order valence-electron chi connectivity index (χ1n) is 9.31. The summed E-state index contributed by atoms with van der Waals surface area (Å²) in [5.74, 6) is 0.613. The molecule has 0 bridgehead atoms. The van der Waals surface area contributed by atoms with E-state index in [9.17, 15) is 22.8 Å². The summed E-state index contributed by atoms with van der Waals surface area (Å²) in [5, 5.41) is 0.0463. The first-order valence-corrected chi connectivity index (χ1v) is 9.69. The van der Waals surface area contributed by atoms with Gasteiger partial charge in [0.2, 0.25) is 0 Å². The largest absolute Gasteiger partial charge is 0.416 e. The molecule has 0 N–H and O–H groups in total. The van der Waals surface area contributed by atoms with Crippen molar-refractivity contribution in [1.82, 2.24) is 23.6 Å². The molecule has 0 amide bonds. The van der Waals surface area contributed by atoms with Gasteiger partial charge in [0, 0.05) is 38.8 Å². The van der Waals surface area contributed by atoms with Crippen LogP contribution < -0.4 is 11.2 Å². The van der Waals surface area contributed by atoms with E-state index in [0.29, 0.717) is 43.2 Å². The van der Waals surface area contributed by atoms with Crippen LogP contribution in [0.4, 0.5) is 13.2 Å². The summed E-state index contributed by atoms with van der Waals surface area (Å²) < 4.78 is 44.1. The van der Waals surface area contributed by atoms with E-state index in [1.54, 1.807) is 11.6 Å². The fourth-order valence-corrected chi connectivity index (χ4v) is 4.05. The summed E-state index contributed by atoms with van der Waals surface area (Å²) in [6, 6.07) is 3.81. The Hall–Kier alpha value is -2.59. The smallest absolute Gasteiger partial charge is 0.320 e. The van der Waals surface area contributed by atoms with Gasteiger partial charge in [0.05, 0.1) is 12.1 Å². The molecule has 3 heterocycles. The molecule has 0 radical (unpaired) electrons. The number of imidazole rings is 1. The summed E-state index contributed by atoms with van der Waals surface area (Å²) in [4.78, 5) is 31.1. The predicted octanol–water partition coefficient (Wildman–Crippen LogP) is 2.16. The van der Waals surface area contributed by atoms with Crippen molar-refractivity contribution in [2.75, 3.05) is 13.1 Å². The normalized spacial score (nSPS) is 15.0. The quantitative estimate of drug-likeness (QED) is 0.625. The average molecular weight is 442 g/mol. The van der Waals surface area contributed by atoms with Crippen LogP contribution in [-0.4, -0.2) is 36.7 Å². The number of hydrogen-bond donors (Lipinski definition) is 0. The molecule has 0 unspecified atom stereocenters. The second kappa shape index (κ2) is 7.28. The molecule has 1 aromatic carbocycles. The molecule has 30 heavy (non-hydrogen) atoms. The van der Waals surface area contributed by atoms with Crippen LogP contribution in [0.3, 0.4) is 0 Å². The molecule has 4 rings (SSSR count). The molecule has 0 spiro atoms. The Morgan fingerprint density at radius 2 is 1.87 bits per heavy atom. The van der Waals surface area contributed by atoms with Crippen molar-refractivity contribution < 1.29 is 13.2 Å². The van der Waals surface area contributed by atoms with E-state index in [2.05, 4.69) is 4.98 Å². The van der Waals surface area contributed by atoms with Crippen LogP contribution in [0, 0.1) is 0 Å². The van der Waals surface area contributed by atoms with Gasteiger partial charge in [-0.2, -0.15) is 13.2 Å². The van der Waals surface area contributed by atoms with E-state index < -0.39 is 23.0 Å². The minimum Gasteiger partial charge on any atom is -0.320 e. The second-order valence-electron chi connectivity index (χ2n) is 7.38. The first-order chi connectivity index (χ1) is 14.1. The van der Waals surface area contributed by atoms with Gasteiger partial charge in [-0.1, -0.05) is 17.7 Å². The van der Waals surface area contributed by atoms with Crippen molar-refractivity contribution >= 4 is 22.8 Å². The molecule has 1 aliphatic rings. The van der Waals surface area contributed by atoms with E-state index in [1.807, 2.05) is 4.90 Å². The topological polar surface area (TPSA) is 65.1 Å². The molecule has 1 aliphatic heterocycles. The fraction of sp³-hybridized carbons (Fsp3) is 0.421. The third kappa shape index (κ3) is 3.43. The standard InChI is InChI=1S/C19H19ClF3N5O2/c1-25-16-15(17(29)26(2)18(25)30)28-8-7-27(10-14(28)24-16)6-5-11-3-4-12(20)9-13(11)19(21,22)23/h3-4,9H,5-8,10H2,1-2H3. The number of hydrogen-bond acceptors (Lipinski definition) is 4. The Bertz CT molecular complexity index is 1260. The van der Waals surface area contributed by atoms with Gasteiger partial charge in [0.1, 0.15) is 5.82 Å². The minimum atomic E-state index is -4.47. The number of benzene rings is 1. The van der Waals surface area contributed by atoms with Crippen molar-refractivity contribution in [3.8, 4) is 0 Å². The Kier molecular flexibility index (Phi) is 5.01. The highest BCUT2D eigenvalue weighted by Gasteiger charge is 2.33. The van der Waals surface area contributed by atoms with Gasteiger partial charge in [-0.3, -0.25) is 18.8 Å². The van der Waals surface area contributed by atoms with Gasteiger partial charge in [0.15, 0.2) is 11.2 Å². The van der Waals surface area contributed by atoms with Crippen LogP contribution in [0.1, 0.15) is 17.0 Å². The van der Waals surface area contributed by atoms with Crippen LogP contribution in [-0.2, 0) is 39.8 Å². The van der Waals surface area contributed by atoms with Gasteiger partial charge in [-0.05, 0) is 24.1 Å². The van der Waals surface area contributed by atoms with Crippen molar-refractivity contribution in [1.29, 1.82) is 0 Å². The number of rotatable bonds is 3. The summed E-state index contributed by atoms with van der Waals surface area (Å²) in [7, 11) is 2.98. The molecule has 160 valence electrons. The first kappa shape index (κ1) is 20.7. The zero-order chi connectivity index (χ0) is 21.8. The molecule has 7 nitrogen and oxygen atoms in total. The summed E-state index contributed by atoms with van der Waals surface area (Å²) in [6.07, 6.45) is -4.27. The number of nitrogens with zero attached hydrogens (tertiary/aromatic N) is 5. The molecule has 0 aliphatic carbocycles. The lowest BCUT2D eigenvalue weighted by atomic mass is 10.0. The SMILES string of the molecule is Cn1c(=O)c2c(nc3n2CCN(CCc2ccc(Cl)cc2C(F)(F)F)C3)n(C)c1=O. The maximum atomic E-state index is 13.3. The van der Waals surface area contributed by atoms with E-state index in [1.165, 1.54) is 23.7 Å². The van der Waals surface area contributed by atoms with Gasteiger partial charge < -0.3 is 4.57 Å². The molecular weight excluding hydrogens is 423 g/mol. The minimum absolute atomic E-state index is 0.0463. The highest BCUT2D eigenvalue weighted by Crippen LogP contribution is 2.34. The second-order valence-corrected chi connectivity index (χ2v) is 7.82. The lowest BCUT2D eigenvalue weighted by Crippen LogP contribution is -2.39. The van der Waals surface area contributed by atoms with Gasteiger partial charge >= 0.3 is 11.9 Å². The number of aryl methyl sites for hydroxylation is 1. The molecule has 3 aromatic rings. The highest BCUT2D eigenvalue weighted by molar-refractivity contribution is 6.30. The van der Waals surface area contributed by atoms with Crippen LogP contribution in [0.25, 0.3) is 11.2 Å². The molecular formula is C19H19ClF3N5O2. The zero-order valence-corrected chi connectivity index (χ0v) is 17.1. The van der Waals surface area contributed by atoms with Crippen molar-refractivity contribution in [2.45, 2.75) is 25.7 Å². The predicted molar refractivity (Wildman–Crippen MR) is 106 cm³/mol. The Balaban J connectivity index is 1.60. The molecule has 2 aromatic heterocycles. The van der Waals surface area contributed by atoms with Gasteiger partial charge in [0.25, 0.3) is 5.56 Å². The number of alkyl halides is 3. The number of aromatic nitrogens is 4. The maximum absolute atomic E-state index is 13.3. The lowest BCUT2D eigenvalue weighted by Gasteiger charge is -2.28. The van der Waals surface area contributed by atoms with Crippen LogP contribution in [0.2, 0.25) is 5.02 Å². The average Bonchev–Trinajstić information content (AvgIpc) is 3.08. The number of fused-ring (bicyclic) bond motifs is 3. The molecule has 11 heteroatoms. The fourth-order valence-electron chi connectivity index (χ4n) is 3.87. The van der Waals surface area contributed by atoms with E-state index in [-0.39, 0.29) is 17.0 Å². The Labute approximate surface area is 173 Å². The number of halogens is 4. The van der Waals surface area contributed by atoms with Crippen molar-refractivity contribution in [3.63, 3.8) is 0 Å².